The average Bonchev–Trinajstić information content (AvgIpc) is 2.41. The number of aldehydes is 1. The van der Waals surface area contributed by atoms with Crippen LogP contribution in [-0.4, -0.2) is 20.5 Å². The third kappa shape index (κ3) is 4.27. The highest BCUT2D eigenvalue weighted by Gasteiger charge is 2.30. The van der Waals surface area contributed by atoms with Gasteiger partial charge in [-0.1, -0.05) is 17.6 Å². The van der Waals surface area contributed by atoms with Crippen molar-refractivity contribution >= 4 is 19.6 Å². The molecule has 0 heterocycles. The first-order chi connectivity index (χ1) is 9.87. The van der Waals surface area contributed by atoms with Gasteiger partial charge < -0.3 is 9.47 Å². The van der Waals surface area contributed by atoms with E-state index in [0.717, 1.165) is 12.1 Å². The zero-order chi connectivity index (χ0) is 15.5. The number of carbonyl (C=O) groups is 1. The number of rotatable bonds is 4. The van der Waals surface area contributed by atoms with E-state index in [1.54, 1.807) is 6.07 Å². The van der Waals surface area contributed by atoms with Crippen molar-refractivity contribution in [1.82, 2.24) is 0 Å². The van der Waals surface area contributed by atoms with Crippen molar-refractivity contribution in [2.45, 2.75) is 6.36 Å². The van der Waals surface area contributed by atoms with E-state index >= 15 is 0 Å². The quantitative estimate of drug-likeness (QED) is 0.642. The Balaban J connectivity index is 2.15. The van der Waals surface area contributed by atoms with Gasteiger partial charge in [0.2, 0.25) is 0 Å². The highest BCUT2D eigenvalue weighted by Crippen LogP contribution is 2.28. The van der Waals surface area contributed by atoms with Crippen LogP contribution in [0.1, 0.15) is 10.4 Å². The van der Waals surface area contributed by atoms with Gasteiger partial charge in [0.25, 0.3) is 0 Å². The minimum Gasteiger partial charge on any atom is -0.457 e. The van der Waals surface area contributed by atoms with Crippen molar-refractivity contribution in [3.8, 4) is 17.2 Å². The molecule has 7 heteroatoms. The molecule has 0 N–H and O–H groups in total. The number of alkyl halides is 3. The van der Waals surface area contributed by atoms with Crippen LogP contribution in [0.5, 0.6) is 17.2 Å². The lowest BCUT2D eigenvalue weighted by Gasteiger charge is -2.11. The summed E-state index contributed by atoms with van der Waals surface area (Å²) < 4.78 is 45.2. The summed E-state index contributed by atoms with van der Waals surface area (Å²) in [5, 5.41) is 0. The molecule has 106 valence electrons. The molecular weight excluding hydrogens is 284 g/mol. The number of ether oxygens (including phenoxy) is 2. The van der Waals surface area contributed by atoms with Crippen molar-refractivity contribution in [3.05, 3.63) is 48.0 Å². The van der Waals surface area contributed by atoms with E-state index in [2.05, 4.69) is 4.74 Å². The monoisotopic (exact) mass is 292 g/mol. The fourth-order valence-corrected chi connectivity index (χ4v) is 1.59. The zero-order valence-electron chi connectivity index (χ0n) is 10.6. The zero-order valence-corrected chi connectivity index (χ0v) is 10.6. The lowest BCUT2D eigenvalue weighted by atomic mass is 9.94. The summed E-state index contributed by atoms with van der Waals surface area (Å²) in [6, 6.07) is 9.30. The third-order valence-electron chi connectivity index (χ3n) is 2.45. The molecule has 0 amide bonds. The second kappa shape index (κ2) is 5.91. The van der Waals surface area contributed by atoms with Gasteiger partial charge in [0.15, 0.2) is 6.29 Å². The molecule has 0 unspecified atom stereocenters. The van der Waals surface area contributed by atoms with Crippen LogP contribution in [0.3, 0.4) is 0 Å². The Bertz CT molecular complexity index is 639. The predicted octanol–water partition coefficient (Wildman–Crippen LogP) is 2.98. The average molecular weight is 292 g/mol. The van der Waals surface area contributed by atoms with E-state index in [9.17, 15) is 18.0 Å². The van der Waals surface area contributed by atoms with E-state index in [0.29, 0.717) is 11.7 Å². The molecule has 3 nitrogen and oxygen atoms in total. The predicted molar refractivity (Wildman–Crippen MR) is 70.4 cm³/mol. The fraction of sp³-hybridized carbons (Fsp3) is 0.0714. The number of carbonyl (C=O) groups excluding carboxylic acids is 1. The number of benzene rings is 2. The van der Waals surface area contributed by atoms with Gasteiger partial charge in [0.1, 0.15) is 25.1 Å². The van der Waals surface area contributed by atoms with Gasteiger partial charge in [-0.2, -0.15) is 0 Å². The van der Waals surface area contributed by atoms with Crippen LogP contribution in [-0.2, 0) is 0 Å². The summed E-state index contributed by atoms with van der Waals surface area (Å²) in [6.07, 6.45) is -4.17. The van der Waals surface area contributed by atoms with Crippen molar-refractivity contribution in [3.63, 3.8) is 0 Å². The van der Waals surface area contributed by atoms with Crippen molar-refractivity contribution in [2.24, 2.45) is 0 Å². The molecule has 2 aromatic rings. The van der Waals surface area contributed by atoms with Crippen LogP contribution in [0.15, 0.2) is 42.5 Å². The smallest absolute Gasteiger partial charge is 0.457 e. The largest absolute Gasteiger partial charge is 0.573 e. The maximum absolute atomic E-state index is 12.0. The molecule has 0 saturated carbocycles. The fourth-order valence-electron chi connectivity index (χ4n) is 1.59. The van der Waals surface area contributed by atoms with Gasteiger partial charge in [0, 0.05) is 0 Å². The molecule has 0 bridgehead atoms. The van der Waals surface area contributed by atoms with Gasteiger partial charge in [-0.05, 0) is 30.3 Å². The maximum Gasteiger partial charge on any atom is 0.573 e. The summed E-state index contributed by atoms with van der Waals surface area (Å²) in [6.45, 7) is 0. The number of halogens is 3. The van der Waals surface area contributed by atoms with E-state index in [1.165, 1.54) is 24.3 Å². The summed E-state index contributed by atoms with van der Waals surface area (Å²) >= 11 is 0. The summed E-state index contributed by atoms with van der Waals surface area (Å²) in [5.74, 6) is 0.156. The minimum atomic E-state index is -4.75. The van der Waals surface area contributed by atoms with Crippen LogP contribution >= 0.6 is 0 Å². The van der Waals surface area contributed by atoms with Gasteiger partial charge in [-0.25, -0.2) is 0 Å². The molecule has 0 aliphatic carbocycles. The Morgan fingerprint density at radius 1 is 1.00 bits per heavy atom. The molecule has 0 atom stereocenters. The molecule has 2 aromatic carbocycles. The lowest BCUT2D eigenvalue weighted by Crippen LogP contribution is -2.16. The van der Waals surface area contributed by atoms with Gasteiger partial charge in [-0.15, -0.1) is 13.2 Å². The Morgan fingerprint density at radius 2 is 1.62 bits per heavy atom. The Hall–Kier alpha value is -2.44. The van der Waals surface area contributed by atoms with Crippen LogP contribution in [0.4, 0.5) is 13.2 Å². The number of hydrogen-bond donors (Lipinski definition) is 0. The van der Waals surface area contributed by atoms with Crippen molar-refractivity contribution in [1.29, 1.82) is 0 Å². The third-order valence-corrected chi connectivity index (χ3v) is 2.45. The molecule has 0 aromatic heterocycles. The Morgan fingerprint density at radius 3 is 2.19 bits per heavy atom. The SMILES string of the molecule is [B]c1ccc(Oc2ccc(OC(F)(F)F)cc2)c(C=O)c1. The van der Waals surface area contributed by atoms with Gasteiger partial charge >= 0.3 is 6.36 Å². The molecular formula is C14H8BF3O3. The Kier molecular flexibility index (Phi) is 4.21. The van der Waals surface area contributed by atoms with Crippen molar-refractivity contribution < 1.29 is 27.4 Å². The van der Waals surface area contributed by atoms with E-state index in [4.69, 9.17) is 12.6 Å². The van der Waals surface area contributed by atoms with Crippen LogP contribution < -0.4 is 14.9 Å². The summed E-state index contributed by atoms with van der Waals surface area (Å²) in [4.78, 5) is 10.9. The van der Waals surface area contributed by atoms with Crippen LogP contribution in [0.2, 0.25) is 0 Å². The van der Waals surface area contributed by atoms with Crippen molar-refractivity contribution in [2.75, 3.05) is 0 Å². The first kappa shape index (κ1) is 15.0. The first-order valence-corrected chi connectivity index (χ1v) is 5.76. The molecule has 2 rings (SSSR count). The maximum atomic E-state index is 12.0. The van der Waals surface area contributed by atoms with Gasteiger partial charge in [0.05, 0.1) is 5.56 Å². The molecule has 0 spiro atoms. The van der Waals surface area contributed by atoms with E-state index in [-0.39, 0.29) is 22.8 Å². The van der Waals surface area contributed by atoms with E-state index < -0.39 is 6.36 Å². The highest BCUT2D eigenvalue weighted by atomic mass is 19.4. The standard InChI is InChI=1S/C14H8BF3O3/c15-10-1-6-13(9(7-10)8-19)20-11-2-4-12(5-3-11)21-14(16,17)18/h1-8H. The molecule has 2 radical (unpaired) electrons. The van der Waals surface area contributed by atoms with E-state index in [1.807, 2.05) is 0 Å². The number of hydrogen-bond acceptors (Lipinski definition) is 3. The second-order valence-electron chi connectivity index (χ2n) is 4.04. The Labute approximate surface area is 119 Å². The molecule has 21 heavy (non-hydrogen) atoms. The minimum absolute atomic E-state index is 0.241. The summed E-state index contributed by atoms with van der Waals surface area (Å²) in [5.41, 5.74) is 0.643. The topological polar surface area (TPSA) is 35.5 Å². The molecule has 0 aliphatic heterocycles. The highest BCUT2D eigenvalue weighted by molar-refractivity contribution is 6.32. The molecule has 0 aliphatic rings. The van der Waals surface area contributed by atoms with Gasteiger partial charge in [-0.3, -0.25) is 4.79 Å². The lowest BCUT2D eigenvalue weighted by molar-refractivity contribution is -0.274. The second-order valence-corrected chi connectivity index (χ2v) is 4.04. The summed E-state index contributed by atoms with van der Waals surface area (Å²) in [7, 11) is 5.54. The normalized spacial score (nSPS) is 11.0. The first-order valence-electron chi connectivity index (χ1n) is 5.76. The molecule has 0 saturated heterocycles. The molecule has 0 fully saturated rings. The van der Waals surface area contributed by atoms with Crippen LogP contribution in [0.25, 0.3) is 0 Å². The van der Waals surface area contributed by atoms with Crippen LogP contribution in [0, 0.1) is 0 Å².